The smallest absolute Gasteiger partial charge is 0.226 e. The molecule has 1 N–H and O–H groups in total. The highest BCUT2D eigenvalue weighted by molar-refractivity contribution is 5.78. The molecule has 1 heterocycles. The van der Waals surface area contributed by atoms with Crippen LogP contribution in [-0.2, 0) is 11.2 Å². The number of pyridine rings is 1. The number of amides is 1. The highest BCUT2D eigenvalue weighted by Gasteiger charge is 2.09. The van der Waals surface area contributed by atoms with E-state index >= 15 is 0 Å². The highest BCUT2D eigenvalue weighted by Crippen LogP contribution is 2.11. The van der Waals surface area contributed by atoms with Gasteiger partial charge in [0, 0.05) is 11.9 Å². The van der Waals surface area contributed by atoms with Gasteiger partial charge in [0.15, 0.2) is 0 Å². The van der Waals surface area contributed by atoms with Crippen molar-refractivity contribution in [1.82, 2.24) is 10.3 Å². The van der Waals surface area contributed by atoms with Gasteiger partial charge in [-0.3, -0.25) is 9.78 Å². The van der Waals surface area contributed by atoms with Gasteiger partial charge >= 0.3 is 0 Å². The molecule has 0 aliphatic rings. The van der Waals surface area contributed by atoms with Crippen molar-refractivity contribution >= 4 is 5.91 Å². The van der Waals surface area contributed by atoms with E-state index in [1.165, 1.54) is 0 Å². The molecule has 92 valence electrons. The molecule has 2 rings (SSSR count). The maximum absolute atomic E-state index is 11.8. The van der Waals surface area contributed by atoms with Crippen molar-refractivity contribution in [3.05, 3.63) is 66.0 Å². The van der Waals surface area contributed by atoms with Crippen LogP contribution in [0.15, 0.2) is 54.7 Å². The van der Waals surface area contributed by atoms with Gasteiger partial charge in [-0.1, -0.05) is 36.4 Å². The topological polar surface area (TPSA) is 42.0 Å². The lowest BCUT2D eigenvalue weighted by molar-refractivity contribution is -0.121. The molecule has 0 bridgehead atoms. The number of nitrogens with one attached hydrogen (secondary N) is 1. The SMILES string of the molecule is CC(NC(=O)Cc1ccccn1)c1ccccc1. The first kappa shape index (κ1) is 12.3. The molecule has 3 nitrogen and oxygen atoms in total. The molecule has 0 aliphatic carbocycles. The monoisotopic (exact) mass is 240 g/mol. The second kappa shape index (κ2) is 5.96. The third kappa shape index (κ3) is 3.42. The summed E-state index contributed by atoms with van der Waals surface area (Å²) in [5.41, 5.74) is 1.89. The molecule has 1 amide bonds. The molecule has 0 saturated heterocycles. The van der Waals surface area contributed by atoms with Gasteiger partial charge in [-0.05, 0) is 24.6 Å². The Labute approximate surface area is 107 Å². The fraction of sp³-hybridized carbons (Fsp3) is 0.200. The van der Waals surface area contributed by atoms with Gasteiger partial charge < -0.3 is 5.32 Å². The Kier molecular flexibility index (Phi) is 4.07. The molecule has 0 radical (unpaired) electrons. The lowest BCUT2D eigenvalue weighted by atomic mass is 10.1. The van der Waals surface area contributed by atoms with Crippen LogP contribution >= 0.6 is 0 Å². The van der Waals surface area contributed by atoms with Crippen molar-refractivity contribution < 1.29 is 4.79 Å². The van der Waals surface area contributed by atoms with Crippen molar-refractivity contribution in [2.75, 3.05) is 0 Å². The summed E-state index contributed by atoms with van der Waals surface area (Å²) in [4.78, 5) is 16.0. The Bertz CT molecular complexity index is 496. The number of hydrogen-bond acceptors (Lipinski definition) is 2. The summed E-state index contributed by atoms with van der Waals surface area (Å²) in [7, 11) is 0. The molecule has 0 saturated carbocycles. The maximum Gasteiger partial charge on any atom is 0.226 e. The summed E-state index contributed by atoms with van der Waals surface area (Å²) in [6.45, 7) is 1.98. The first-order chi connectivity index (χ1) is 8.75. The molecule has 1 aromatic heterocycles. The Balaban J connectivity index is 1.92. The Hall–Kier alpha value is -2.16. The van der Waals surface area contributed by atoms with Crippen molar-refractivity contribution in [3.63, 3.8) is 0 Å². The summed E-state index contributed by atoms with van der Waals surface area (Å²) < 4.78 is 0. The van der Waals surface area contributed by atoms with Crippen LogP contribution in [0.2, 0.25) is 0 Å². The van der Waals surface area contributed by atoms with Crippen LogP contribution in [0, 0.1) is 0 Å². The first-order valence-corrected chi connectivity index (χ1v) is 6.00. The van der Waals surface area contributed by atoms with Crippen LogP contribution < -0.4 is 5.32 Å². The lowest BCUT2D eigenvalue weighted by Crippen LogP contribution is -2.28. The predicted octanol–water partition coefficient (Wildman–Crippen LogP) is 2.50. The molecule has 0 aliphatic heterocycles. The summed E-state index contributed by atoms with van der Waals surface area (Å²) in [5, 5.41) is 2.97. The number of aromatic nitrogens is 1. The summed E-state index contributed by atoms with van der Waals surface area (Å²) in [6, 6.07) is 15.5. The average Bonchev–Trinajstić information content (AvgIpc) is 2.40. The minimum atomic E-state index is -0.00921. The van der Waals surface area contributed by atoms with Crippen molar-refractivity contribution in [2.45, 2.75) is 19.4 Å². The fourth-order valence-electron chi connectivity index (χ4n) is 1.78. The lowest BCUT2D eigenvalue weighted by Gasteiger charge is -2.13. The summed E-state index contributed by atoms with van der Waals surface area (Å²) >= 11 is 0. The van der Waals surface area contributed by atoms with E-state index in [0.29, 0.717) is 6.42 Å². The van der Waals surface area contributed by atoms with Gasteiger partial charge in [0.1, 0.15) is 0 Å². The van der Waals surface area contributed by atoms with Gasteiger partial charge in [-0.15, -0.1) is 0 Å². The van der Waals surface area contributed by atoms with Gasteiger partial charge in [0.05, 0.1) is 12.5 Å². The standard InChI is InChI=1S/C15H16N2O/c1-12(13-7-3-2-4-8-13)17-15(18)11-14-9-5-6-10-16-14/h2-10,12H,11H2,1H3,(H,17,18). The predicted molar refractivity (Wildman–Crippen MR) is 70.9 cm³/mol. The van der Waals surface area contributed by atoms with Crippen LogP contribution in [0.3, 0.4) is 0 Å². The number of rotatable bonds is 4. The third-order valence-corrected chi connectivity index (χ3v) is 2.74. The zero-order valence-electron chi connectivity index (χ0n) is 10.3. The third-order valence-electron chi connectivity index (χ3n) is 2.74. The van der Waals surface area contributed by atoms with E-state index in [2.05, 4.69) is 10.3 Å². The molecular formula is C15H16N2O. The maximum atomic E-state index is 11.8. The quantitative estimate of drug-likeness (QED) is 0.892. The zero-order chi connectivity index (χ0) is 12.8. The molecule has 2 aromatic rings. The van der Waals surface area contributed by atoms with E-state index in [4.69, 9.17) is 0 Å². The molecule has 3 heteroatoms. The summed E-state index contributed by atoms with van der Waals surface area (Å²) in [6.07, 6.45) is 2.02. The van der Waals surface area contributed by atoms with E-state index in [1.807, 2.05) is 55.5 Å². The Morgan fingerprint density at radius 1 is 1.17 bits per heavy atom. The first-order valence-electron chi connectivity index (χ1n) is 6.00. The van der Waals surface area contributed by atoms with E-state index in [1.54, 1.807) is 6.20 Å². The van der Waals surface area contributed by atoms with Gasteiger partial charge in [-0.25, -0.2) is 0 Å². The highest BCUT2D eigenvalue weighted by atomic mass is 16.1. The number of carbonyl (C=O) groups excluding carboxylic acids is 1. The second-order valence-corrected chi connectivity index (χ2v) is 4.20. The number of benzene rings is 1. The zero-order valence-corrected chi connectivity index (χ0v) is 10.3. The van der Waals surface area contributed by atoms with Gasteiger partial charge in [0.25, 0.3) is 0 Å². The molecular weight excluding hydrogens is 224 g/mol. The fourth-order valence-corrected chi connectivity index (χ4v) is 1.78. The molecule has 0 spiro atoms. The second-order valence-electron chi connectivity index (χ2n) is 4.20. The van der Waals surface area contributed by atoms with Crippen LogP contribution in [0.4, 0.5) is 0 Å². The van der Waals surface area contributed by atoms with E-state index in [0.717, 1.165) is 11.3 Å². The van der Waals surface area contributed by atoms with E-state index in [-0.39, 0.29) is 11.9 Å². The van der Waals surface area contributed by atoms with Gasteiger partial charge in [-0.2, -0.15) is 0 Å². The molecule has 1 unspecified atom stereocenters. The minimum Gasteiger partial charge on any atom is -0.349 e. The molecule has 18 heavy (non-hydrogen) atoms. The van der Waals surface area contributed by atoms with Crippen molar-refractivity contribution in [3.8, 4) is 0 Å². The number of hydrogen-bond donors (Lipinski definition) is 1. The molecule has 0 fully saturated rings. The number of nitrogens with zero attached hydrogens (tertiary/aromatic N) is 1. The van der Waals surface area contributed by atoms with E-state index < -0.39 is 0 Å². The van der Waals surface area contributed by atoms with Crippen LogP contribution in [0.25, 0.3) is 0 Å². The minimum absolute atomic E-state index is 0.00921. The van der Waals surface area contributed by atoms with Crippen LogP contribution in [-0.4, -0.2) is 10.9 Å². The van der Waals surface area contributed by atoms with Gasteiger partial charge in [0.2, 0.25) is 5.91 Å². The normalized spacial score (nSPS) is 11.8. The Morgan fingerprint density at radius 3 is 2.56 bits per heavy atom. The number of carbonyl (C=O) groups is 1. The van der Waals surface area contributed by atoms with E-state index in [9.17, 15) is 4.79 Å². The average molecular weight is 240 g/mol. The summed E-state index contributed by atoms with van der Waals surface area (Å²) in [5.74, 6) is -0.00921. The van der Waals surface area contributed by atoms with Crippen LogP contribution in [0.1, 0.15) is 24.2 Å². The largest absolute Gasteiger partial charge is 0.349 e. The van der Waals surface area contributed by atoms with Crippen molar-refractivity contribution in [1.29, 1.82) is 0 Å². The van der Waals surface area contributed by atoms with Crippen molar-refractivity contribution in [2.24, 2.45) is 0 Å². The molecule has 1 aromatic carbocycles. The van der Waals surface area contributed by atoms with Crippen LogP contribution in [0.5, 0.6) is 0 Å². The molecule has 1 atom stereocenters. The Morgan fingerprint density at radius 2 is 1.89 bits per heavy atom.